The lowest BCUT2D eigenvalue weighted by molar-refractivity contribution is -0.0882. The first-order valence-corrected chi connectivity index (χ1v) is 9.07. The predicted molar refractivity (Wildman–Crippen MR) is 95.4 cm³/mol. The van der Waals surface area contributed by atoms with Crippen molar-refractivity contribution >= 4 is 28.7 Å². The lowest BCUT2D eigenvalue weighted by atomic mass is 10.2. The summed E-state index contributed by atoms with van der Waals surface area (Å²) >= 11 is 0.527. The van der Waals surface area contributed by atoms with Gasteiger partial charge in [-0.05, 0) is 24.3 Å². The van der Waals surface area contributed by atoms with E-state index in [1.807, 2.05) is 30.3 Å². The number of hydrogen-bond donors (Lipinski definition) is 1. The number of para-hydroxylation sites is 1. The van der Waals surface area contributed by atoms with Crippen molar-refractivity contribution in [3.8, 4) is 0 Å². The number of carbonyl (C=O) groups excluding carboxylic acids is 2. The molecule has 1 aromatic heterocycles. The standard InChI is InChI=1S/C18H17F3N2O3S/c19-18(20,21)16(24)14-6-7-15(27-14)17(25)22-10-13-11-23(8-9-26-13)12-4-2-1-3-5-12/h1-7,13H,8-11H2,(H,22,25). The van der Waals surface area contributed by atoms with Crippen molar-refractivity contribution in [2.75, 3.05) is 31.1 Å². The molecule has 2 aromatic rings. The van der Waals surface area contributed by atoms with Crippen LogP contribution in [-0.2, 0) is 4.74 Å². The van der Waals surface area contributed by atoms with Gasteiger partial charge in [-0.15, -0.1) is 11.3 Å². The summed E-state index contributed by atoms with van der Waals surface area (Å²) in [6, 6.07) is 12.0. The highest BCUT2D eigenvalue weighted by Crippen LogP contribution is 2.26. The quantitative estimate of drug-likeness (QED) is 0.787. The van der Waals surface area contributed by atoms with Gasteiger partial charge in [0.1, 0.15) is 0 Å². The van der Waals surface area contributed by atoms with E-state index in [2.05, 4.69) is 10.2 Å². The smallest absolute Gasteiger partial charge is 0.373 e. The van der Waals surface area contributed by atoms with E-state index in [0.717, 1.165) is 18.3 Å². The van der Waals surface area contributed by atoms with Crippen LogP contribution in [0.3, 0.4) is 0 Å². The van der Waals surface area contributed by atoms with Crippen LogP contribution in [0.1, 0.15) is 19.3 Å². The van der Waals surface area contributed by atoms with Gasteiger partial charge in [-0.3, -0.25) is 9.59 Å². The monoisotopic (exact) mass is 398 g/mol. The van der Waals surface area contributed by atoms with E-state index in [1.165, 1.54) is 6.07 Å². The third-order valence-electron chi connectivity index (χ3n) is 4.06. The molecule has 2 heterocycles. The molecule has 1 aromatic carbocycles. The first-order chi connectivity index (χ1) is 12.8. The summed E-state index contributed by atoms with van der Waals surface area (Å²) in [6.45, 7) is 2.07. The minimum Gasteiger partial charge on any atom is -0.373 e. The van der Waals surface area contributed by atoms with Gasteiger partial charge in [0.2, 0.25) is 0 Å². The number of nitrogens with zero attached hydrogens (tertiary/aromatic N) is 1. The highest BCUT2D eigenvalue weighted by atomic mass is 32.1. The number of alkyl halides is 3. The van der Waals surface area contributed by atoms with Gasteiger partial charge in [0.05, 0.1) is 22.5 Å². The van der Waals surface area contributed by atoms with Gasteiger partial charge < -0.3 is 15.0 Å². The van der Waals surface area contributed by atoms with E-state index in [-0.39, 0.29) is 17.5 Å². The third-order valence-corrected chi connectivity index (χ3v) is 5.14. The van der Waals surface area contributed by atoms with Crippen molar-refractivity contribution in [2.45, 2.75) is 12.3 Å². The molecule has 1 unspecified atom stereocenters. The van der Waals surface area contributed by atoms with Crippen LogP contribution in [0.25, 0.3) is 0 Å². The van der Waals surface area contributed by atoms with Gasteiger partial charge >= 0.3 is 6.18 Å². The summed E-state index contributed by atoms with van der Waals surface area (Å²) in [4.78, 5) is 25.1. The van der Waals surface area contributed by atoms with Crippen LogP contribution in [0.15, 0.2) is 42.5 Å². The molecule has 3 rings (SSSR count). The van der Waals surface area contributed by atoms with Crippen molar-refractivity contribution in [2.24, 2.45) is 0 Å². The van der Waals surface area contributed by atoms with Crippen molar-refractivity contribution in [3.05, 3.63) is 52.2 Å². The normalized spacial score (nSPS) is 17.6. The zero-order chi connectivity index (χ0) is 19.4. The molecule has 27 heavy (non-hydrogen) atoms. The highest BCUT2D eigenvalue weighted by Gasteiger charge is 2.40. The van der Waals surface area contributed by atoms with E-state index >= 15 is 0 Å². The maximum Gasteiger partial charge on any atom is 0.455 e. The summed E-state index contributed by atoms with van der Waals surface area (Å²) in [5, 5.41) is 2.66. The Labute approximate surface area is 157 Å². The first-order valence-electron chi connectivity index (χ1n) is 8.26. The molecule has 1 fully saturated rings. The number of nitrogens with one attached hydrogen (secondary N) is 1. The Hall–Kier alpha value is -2.39. The molecule has 1 amide bonds. The topological polar surface area (TPSA) is 58.6 Å². The van der Waals surface area contributed by atoms with Crippen molar-refractivity contribution in [1.29, 1.82) is 0 Å². The van der Waals surface area contributed by atoms with E-state index < -0.39 is 22.7 Å². The number of rotatable bonds is 5. The van der Waals surface area contributed by atoms with Crippen LogP contribution < -0.4 is 10.2 Å². The molecule has 0 bridgehead atoms. The number of carbonyl (C=O) groups is 2. The average Bonchev–Trinajstić information content (AvgIpc) is 3.16. The lowest BCUT2D eigenvalue weighted by Gasteiger charge is -2.34. The maximum atomic E-state index is 12.4. The lowest BCUT2D eigenvalue weighted by Crippen LogP contribution is -2.47. The van der Waals surface area contributed by atoms with Crippen molar-refractivity contribution in [1.82, 2.24) is 5.32 Å². The Morgan fingerprint density at radius 2 is 1.85 bits per heavy atom. The van der Waals surface area contributed by atoms with Gasteiger partial charge in [-0.2, -0.15) is 13.2 Å². The predicted octanol–water partition coefficient (Wildman–Crippen LogP) is 3.13. The van der Waals surface area contributed by atoms with E-state index in [9.17, 15) is 22.8 Å². The average molecular weight is 398 g/mol. The molecule has 1 N–H and O–H groups in total. The molecule has 1 aliphatic rings. The fourth-order valence-electron chi connectivity index (χ4n) is 2.73. The van der Waals surface area contributed by atoms with E-state index in [0.29, 0.717) is 24.5 Å². The van der Waals surface area contributed by atoms with Crippen LogP contribution in [0.2, 0.25) is 0 Å². The van der Waals surface area contributed by atoms with Crippen LogP contribution in [0, 0.1) is 0 Å². The van der Waals surface area contributed by atoms with Crippen molar-refractivity contribution in [3.63, 3.8) is 0 Å². The van der Waals surface area contributed by atoms with Gasteiger partial charge in [-0.25, -0.2) is 0 Å². The number of morpholine rings is 1. The summed E-state index contributed by atoms with van der Waals surface area (Å²) in [5.74, 6) is -2.47. The number of hydrogen-bond acceptors (Lipinski definition) is 5. The number of amides is 1. The largest absolute Gasteiger partial charge is 0.455 e. The number of ketones is 1. The fraction of sp³-hybridized carbons (Fsp3) is 0.333. The molecular formula is C18H17F3N2O3S. The zero-order valence-corrected chi connectivity index (χ0v) is 15.0. The Morgan fingerprint density at radius 3 is 2.56 bits per heavy atom. The maximum absolute atomic E-state index is 12.4. The zero-order valence-electron chi connectivity index (χ0n) is 14.2. The summed E-state index contributed by atoms with van der Waals surface area (Å²) in [5.41, 5.74) is 1.06. The third kappa shape index (κ3) is 4.86. The molecule has 1 atom stereocenters. The minimum absolute atomic E-state index is 0.0540. The van der Waals surface area contributed by atoms with E-state index in [1.54, 1.807) is 0 Å². The molecular weight excluding hydrogens is 381 g/mol. The molecule has 1 aliphatic heterocycles. The van der Waals surface area contributed by atoms with Crippen LogP contribution in [0.5, 0.6) is 0 Å². The van der Waals surface area contributed by atoms with Crippen LogP contribution in [0.4, 0.5) is 18.9 Å². The number of halogens is 3. The molecule has 0 saturated carbocycles. The Bertz CT molecular complexity index is 808. The molecule has 0 spiro atoms. The molecule has 0 aliphatic carbocycles. The SMILES string of the molecule is O=C(NCC1CN(c2ccccc2)CCO1)c1ccc(C(=O)C(F)(F)F)s1. The second kappa shape index (κ2) is 8.10. The summed E-state index contributed by atoms with van der Waals surface area (Å²) in [6.07, 6.45) is -5.19. The fourth-order valence-corrected chi connectivity index (χ4v) is 3.61. The molecule has 1 saturated heterocycles. The molecule has 0 radical (unpaired) electrons. The number of benzene rings is 1. The van der Waals surface area contributed by atoms with Crippen molar-refractivity contribution < 1.29 is 27.5 Å². The Kier molecular flexibility index (Phi) is 5.81. The second-order valence-electron chi connectivity index (χ2n) is 5.98. The first kappa shape index (κ1) is 19.4. The Morgan fingerprint density at radius 1 is 1.15 bits per heavy atom. The summed E-state index contributed by atoms with van der Waals surface area (Å²) < 4.78 is 43.0. The summed E-state index contributed by atoms with van der Waals surface area (Å²) in [7, 11) is 0. The second-order valence-corrected chi connectivity index (χ2v) is 7.06. The van der Waals surface area contributed by atoms with Crippen LogP contribution in [-0.4, -0.2) is 50.2 Å². The van der Waals surface area contributed by atoms with Gasteiger partial charge in [0, 0.05) is 25.3 Å². The van der Waals surface area contributed by atoms with Crippen LogP contribution >= 0.6 is 11.3 Å². The van der Waals surface area contributed by atoms with E-state index in [4.69, 9.17) is 4.74 Å². The Balaban J connectivity index is 1.55. The molecule has 5 nitrogen and oxygen atoms in total. The number of ether oxygens (including phenoxy) is 1. The molecule has 9 heteroatoms. The van der Waals surface area contributed by atoms with Gasteiger partial charge in [-0.1, -0.05) is 18.2 Å². The number of thiophene rings is 1. The minimum atomic E-state index is -4.95. The molecule has 144 valence electrons. The highest BCUT2D eigenvalue weighted by molar-refractivity contribution is 7.16. The number of Topliss-reactive ketones (excluding diaryl/α,β-unsaturated/α-hetero) is 1. The van der Waals surface area contributed by atoms with Gasteiger partial charge in [0.25, 0.3) is 11.7 Å². The number of anilines is 1. The van der Waals surface area contributed by atoms with Gasteiger partial charge in [0.15, 0.2) is 0 Å².